The maximum Gasteiger partial charge on any atom is 1.00 e. The molecule has 0 atom stereocenters. The molecule has 0 fully saturated rings. The topological polar surface area (TPSA) is 0 Å². The molecule has 0 spiro atoms. The molecule has 0 amide bonds. The van der Waals surface area contributed by atoms with E-state index in [1.165, 1.54) is 23.5 Å². The van der Waals surface area contributed by atoms with Gasteiger partial charge in [-0.1, -0.05) is 56.2 Å². The van der Waals surface area contributed by atoms with Gasteiger partial charge in [0.25, 0.3) is 0 Å². The molecule has 0 aromatic heterocycles. The van der Waals surface area contributed by atoms with Crippen LogP contribution in [0.3, 0.4) is 0 Å². The SMILES string of the molecule is CCC[C-](c1ccccc1)c1ccccc1.[Li+]. The van der Waals surface area contributed by atoms with Gasteiger partial charge in [0.1, 0.15) is 0 Å². The standard InChI is InChI=1S/C16H17.Li/c1-2-9-16(14-10-5-3-6-11-14)15-12-7-4-8-13-15;/h3-8,10-13H,2,9H2,1H3;/q-1;+1. The van der Waals surface area contributed by atoms with Crippen molar-refractivity contribution in [2.75, 3.05) is 0 Å². The summed E-state index contributed by atoms with van der Waals surface area (Å²) >= 11 is 0. The molecule has 0 saturated heterocycles. The molecule has 0 unspecified atom stereocenters. The average molecular weight is 216 g/mol. The third-order valence-electron chi connectivity index (χ3n) is 2.74. The zero-order chi connectivity index (χ0) is 11.2. The molecule has 0 aliphatic heterocycles. The normalized spacial score (nSPS) is 9.47. The largest absolute Gasteiger partial charge is 1.00 e. The predicted molar refractivity (Wildman–Crippen MR) is 69.2 cm³/mol. The summed E-state index contributed by atoms with van der Waals surface area (Å²) in [6.07, 6.45) is 2.31. The van der Waals surface area contributed by atoms with Crippen molar-refractivity contribution >= 4 is 0 Å². The Kier molecular flexibility index (Phi) is 5.98. The first-order valence-electron chi connectivity index (χ1n) is 5.88. The Morgan fingerprint density at radius 1 is 0.765 bits per heavy atom. The van der Waals surface area contributed by atoms with Crippen LogP contribution in [-0.2, 0) is 0 Å². The molecular weight excluding hydrogens is 199 g/mol. The number of hydrogen-bond donors (Lipinski definition) is 0. The Bertz CT molecular complexity index is 369. The monoisotopic (exact) mass is 216 g/mol. The molecule has 0 aliphatic carbocycles. The second-order valence-electron chi connectivity index (χ2n) is 3.96. The van der Waals surface area contributed by atoms with Crippen LogP contribution in [0.25, 0.3) is 0 Å². The molecule has 0 aliphatic rings. The zero-order valence-electron chi connectivity index (χ0n) is 10.7. The van der Waals surface area contributed by atoms with E-state index >= 15 is 0 Å². The fourth-order valence-electron chi connectivity index (χ4n) is 1.98. The van der Waals surface area contributed by atoms with Gasteiger partial charge in [0.05, 0.1) is 0 Å². The van der Waals surface area contributed by atoms with Crippen molar-refractivity contribution in [2.24, 2.45) is 0 Å². The number of rotatable bonds is 4. The van der Waals surface area contributed by atoms with Gasteiger partial charge in [0.15, 0.2) is 0 Å². The van der Waals surface area contributed by atoms with Gasteiger partial charge in [-0.15, -0.1) is 41.3 Å². The molecule has 0 bridgehead atoms. The summed E-state index contributed by atoms with van der Waals surface area (Å²) in [5, 5.41) is 0. The summed E-state index contributed by atoms with van der Waals surface area (Å²) in [4.78, 5) is 0. The Hall–Kier alpha value is -1.09. The second-order valence-corrected chi connectivity index (χ2v) is 3.96. The molecule has 1 heteroatoms. The Morgan fingerprint density at radius 2 is 1.18 bits per heavy atom. The van der Waals surface area contributed by atoms with Crippen molar-refractivity contribution < 1.29 is 18.9 Å². The maximum atomic E-state index is 2.23. The van der Waals surface area contributed by atoms with Gasteiger partial charge in [-0.05, 0) is 0 Å². The van der Waals surface area contributed by atoms with Crippen LogP contribution in [0.4, 0.5) is 0 Å². The van der Waals surface area contributed by atoms with Gasteiger partial charge in [0, 0.05) is 0 Å². The van der Waals surface area contributed by atoms with Crippen molar-refractivity contribution in [1.29, 1.82) is 0 Å². The summed E-state index contributed by atoms with van der Waals surface area (Å²) in [5.41, 5.74) is 2.69. The van der Waals surface area contributed by atoms with Crippen molar-refractivity contribution in [1.82, 2.24) is 0 Å². The van der Waals surface area contributed by atoms with Crippen LogP contribution in [0, 0.1) is 5.92 Å². The van der Waals surface area contributed by atoms with Crippen molar-refractivity contribution in [3.05, 3.63) is 77.7 Å². The van der Waals surface area contributed by atoms with Gasteiger partial charge in [0.2, 0.25) is 0 Å². The molecule has 17 heavy (non-hydrogen) atoms. The molecule has 0 nitrogen and oxygen atoms in total. The minimum absolute atomic E-state index is 0. The van der Waals surface area contributed by atoms with Crippen LogP contribution in [0.15, 0.2) is 60.7 Å². The van der Waals surface area contributed by atoms with Crippen LogP contribution < -0.4 is 18.9 Å². The third-order valence-corrected chi connectivity index (χ3v) is 2.74. The molecule has 82 valence electrons. The number of hydrogen-bond acceptors (Lipinski definition) is 0. The van der Waals surface area contributed by atoms with Gasteiger partial charge < -0.3 is 0 Å². The smallest absolute Gasteiger partial charge is 0.120 e. The van der Waals surface area contributed by atoms with E-state index in [0.717, 1.165) is 6.42 Å². The fraction of sp³-hybridized carbons (Fsp3) is 0.188. The van der Waals surface area contributed by atoms with Crippen molar-refractivity contribution in [2.45, 2.75) is 19.8 Å². The summed E-state index contributed by atoms with van der Waals surface area (Å²) in [5.74, 6) is 1.45. The van der Waals surface area contributed by atoms with Gasteiger partial charge in [-0.2, -0.15) is 0 Å². The Labute approximate surface area is 116 Å². The van der Waals surface area contributed by atoms with Crippen molar-refractivity contribution in [3.8, 4) is 0 Å². The molecular formula is C16H17Li. The van der Waals surface area contributed by atoms with Crippen LogP contribution in [0.1, 0.15) is 30.9 Å². The quantitative estimate of drug-likeness (QED) is 0.536. The van der Waals surface area contributed by atoms with E-state index in [1.807, 2.05) is 0 Å². The van der Waals surface area contributed by atoms with Gasteiger partial charge in [-0.25, -0.2) is 0 Å². The first-order chi connectivity index (χ1) is 7.92. The molecule has 0 heterocycles. The Balaban J connectivity index is 0.00000144. The summed E-state index contributed by atoms with van der Waals surface area (Å²) in [7, 11) is 0. The molecule has 0 radical (unpaired) electrons. The first kappa shape index (κ1) is 14.0. The Morgan fingerprint density at radius 3 is 1.53 bits per heavy atom. The minimum Gasteiger partial charge on any atom is -0.120 e. The predicted octanol–water partition coefficient (Wildman–Crippen LogP) is 1.46. The average Bonchev–Trinajstić information content (AvgIpc) is 2.38. The van der Waals surface area contributed by atoms with E-state index in [1.54, 1.807) is 0 Å². The van der Waals surface area contributed by atoms with E-state index in [2.05, 4.69) is 67.6 Å². The van der Waals surface area contributed by atoms with Gasteiger partial charge >= 0.3 is 18.9 Å². The summed E-state index contributed by atoms with van der Waals surface area (Å²) < 4.78 is 0. The maximum absolute atomic E-state index is 2.23. The second kappa shape index (κ2) is 7.28. The molecule has 2 aromatic rings. The van der Waals surface area contributed by atoms with Crippen LogP contribution in [0.5, 0.6) is 0 Å². The zero-order valence-corrected chi connectivity index (χ0v) is 10.7. The van der Waals surface area contributed by atoms with Crippen molar-refractivity contribution in [3.63, 3.8) is 0 Å². The van der Waals surface area contributed by atoms with E-state index in [-0.39, 0.29) is 18.9 Å². The minimum atomic E-state index is 0. The van der Waals surface area contributed by atoms with E-state index < -0.39 is 0 Å². The van der Waals surface area contributed by atoms with Gasteiger partial charge in [-0.3, -0.25) is 0 Å². The molecule has 2 rings (SSSR count). The van der Waals surface area contributed by atoms with Crippen LogP contribution in [0.2, 0.25) is 0 Å². The molecule has 0 saturated carbocycles. The van der Waals surface area contributed by atoms with Crippen LogP contribution in [-0.4, -0.2) is 0 Å². The molecule has 2 aromatic carbocycles. The summed E-state index contributed by atoms with van der Waals surface area (Å²) in [6.45, 7) is 2.23. The first-order valence-corrected chi connectivity index (χ1v) is 5.88. The fourth-order valence-corrected chi connectivity index (χ4v) is 1.98. The van der Waals surface area contributed by atoms with E-state index in [4.69, 9.17) is 0 Å². The van der Waals surface area contributed by atoms with E-state index in [9.17, 15) is 0 Å². The summed E-state index contributed by atoms with van der Waals surface area (Å²) in [6, 6.07) is 21.3. The van der Waals surface area contributed by atoms with Crippen LogP contribution >= 0.6 is 0 Å². The third kappa shape index (κ3) is 3.70. The van der Waals surface area contributed by atoms with E-state index in [0.29, 0.717) is 0 Å². The molecule has 0 N–H and O–H groups in total. The number of benzene rings is 2.